The summed E-state index contributed by atoms with van der Waals surface area (Å²) in [4.78, 5) is 8.54. The minimum absolute atomic E-state index is 0.149. The van der Waals surface area contributed by atoms with Crippen LogP contribution in [0.4, 0.5) is 15.8 Å². The number of piperazine rings is 1. The Morgan fingerprint density at radius 1 is 1.25 bits per heavy atom. The first-order valence-corrected chi connectivity index (χ1v) is 9.52. The van der Waals surface area contributed by atoms with E-state index in [4.69, 9.17) is 22.7 Å². The summed E-state index contributed by atoms with van der Waals surface area (Å²) in [6.07, 6.45) is 1.95. The van der Waals surface area contributed by atoms with E-state index in [2.05, 4.69) is 31.4 Å². The highest BCUT2D eigenvalue weighted by Gasteiger charge is 2.23. The Balaban J connectivity index is 1.37. The fourth-order valence-corrected chi connectivity index (χ4v) is 3.55. The van der Waals surface area contributed by atoms with Gasteiger partial charge in [0.25, 0.3) is 0 Å². The molecule has 0 unspecified atom stereocenters. The molecule has 0 amide bonds. The Kier molecular flexibility index (Phi) is 5.25. The van der Waals surface area contributed by atoms with Gasteiger partial charge in [-0.15, -0.1) is 0 Å². The smallest absolute Gasteiger partial charge is 0.189 e. The fraction of sp³-hybridized carbons (Fsp3) is 0.316. The Labute approximate surface area is 168 Å². The number of pyridine rings is 1. The summed E-state index contributed by atoms with van der Waals surface area (Å²) in [5, 5.41) is 4.92. The van der Waals surface area contributed by atoms with Gasteiger partial charge in [0, 0.05) is 50.2 Å². The molecule has 1 aromatic carbocycles. The van der Waals surface area contributed by atoms with Crippen molar-refractivity contribution >= 4 is 34.4 Å². The van der Waals surface area contributed by atoms with E-state index in [0.717, 1.165) is 37.6 Å². The maximum atomic E-state index is 13.8. The first kappa shape index (κ1) is 18.4. The van der Waals surface area contributed by atoms with E-state index in [1.54, 1.807) is 0 Å². The van der Waals surface area contributed by atoms with Crippen LogP contribution in [0.2, 0.25) is 0 Å². The molecular weight excluding hydrogens is 379 g/mol. The predicted octanol–water partition coefficient (Wildman–Crippen LogP) is 1.99. The number of anilines is 2. The normalized spacial score (nSPS) is 17.8. The zero-order valence-corrected chi connectivity index (χ0v) is 16.1. The third-order valence-electron chi connectivity index (χ3n) is 4.80. The van der Waals surface area contributed by atoms with Crippen LogP contribution in [0.5, 0.6) is 5.75 Å². The van der Waals surface area contributed by atoms with Crippen molar-refractivity contribution < 1.29 is 9.13 Å². The van der Waals surface area contributed by atoms with Gasteiger partial charge in [-0.05, 0) is 36.5 Å². The van der Waals surface area contributed by atoms with Gasteiger partial charge in [-0.1, -0.05) is 6.07 Å². The lowest BCUT2D eigenvalue weighted by Gasteiger charge is -2.37. The van der Waals surface area contributed by atoms with Crippen molar-refractivity contribution in [2.24, 2.45) is 5.10 Å². The quantitative estimate of drug-likeness (QED) is 0.453. The van der Waals surface area contributed by atoms with E-state index >= 15 is 0 Å². The average molecular weight is 400 g/mol. The van der Waals surface area contributed by atoms with Gasteiger partial charge < -0.3 is 20.3 Å². The van der Waals surface area contributed by atoms with Crippen molar-refractivity contribution in [2.75, 3.05) is 43.4 Å². The summed E-state index contributed by atoms with van der Waals surface area (Å²) in [5.74, 6) is -0.284. The number of fused-ring (bicyclic) bond motifs is 1. The molecule has 0 bridgehead atoms. The fourth-order valence-electron chi connectivity index (χ4n) is 3.32. The maximum Gasteiger partial charge on any atom is 0.189 e. The van der Waals surface area contributed by atoms with E-state index in [0.29, 0.717) is 29.5 Å². The molecule has 28 heavy (non-hydrogen) atoms. The number of thiocarbonyl (C=S) groups is 1. The number of rotatable bonds is 2. The Morgan fingerprint density at radius 2 is 2.07 bits per heavy atom. The molecule has 3 heterocycles. The number of benzene rings is 1. The van der Waals surface area contributed by atoms with Crippen LogP contribution in [-0.4, -0.2) is 53.5 Å². The molecule has 9 heteroatoms. The Hall–Kier alpha value is -2.94. The number of hydrogen-bond acceptors (Lipinski definition) is 6. The monoisotopic (exact) mass is 400 g/mol. The van der Waals surface area contributed by atoms with E-state index in [9.17, 15) is 4.39 Å². The van der Waals surface area contributed by atoms with Crippen LogP contribution in [0, 0.1) is 5.82 Å². The highest BCUT2D eigenvalue weighted by atomic mass is 32.1. The van der Waals surface area contributed by atoms with Crippen molar-refractivity contribution in [2.45, 2.75) is 6.42 Å². The lowest BCUT2D eigenvalue weighted by Crippen LogP contribution is -2.51. The second kappa shape index (κ2) is 7.97. The van der Waals surface area contributed by atoms with Crippen molar-refractivity contribution in [1.82, 2.24) is 15.3 Å². The van der Waals surface area contributed by atoms with Crippen LogP contribution in [-0.2, 0) is 0 Å². The van der Waals surface area contributed by atoms with E-state index in [1.807, 2.05) is 18.2 Å². The van der Waals surface area contributed by atoms with Gasteiger partial charge in [0.15, 0.2) is 16.7 Å². The van der Waals surface area contributed by atoms with Crippen LogP contribution in [0.1, 0.15) is 12.1 Å². The molecule has 0 radical (unpaired) electrons. The third-order valence-corrected chi connectivity index (χ3v) is 5.15. The Bertz CT molecular complexity index is 913. The van der Waals surface area contributed by atoms with Crippen molar-refractivity contribution in [3.63, 3.8) is 0 Å². The van der Waals surface area contributed by atoms with Crippen LogP contribution < -0.4 is 20.8 Å². The molecule has 0 spiro atoms. The topological polar surface area (TPSA) is 79.0 Å². The zero-order chi connectivity index (χ0) is 19.5. The lowest BCUT2D eigenvalue weighted by molar-refractivity contribution is 0.300. The van der Waals surface area contributed by atoms with Gasteiger partial charge in [-0.3, -0.25) is 10.4 Å². The van der Waals surface area contributed by atoms with E-state index in [1.165, 1.54) is 12.3 Å². The van der Waals surface area contributed by atoms with E-state index in [-0.39, 0.29) is 5.75 Å². The molecule has 2 aliphatic heterocycles. The van der Waals surface area contributed by atoms with Crippen LogP contribution in [0.3, 0.4) is 0 Å². The van der Waals surface area contributed by atoms with Crippen LogP contribution >= 0.6 is 12.2 Å². The van der Waals surface area contributed by atoms with Gasteiger partial charge in [0.05, 0.1) is 12.3 Å². The SMILES string of the molecule is Nc1cccc(N2CCN(C(=S)N/N=C3/CCOc4c(F)ccnc43)CC2)c1. The molecule has 3 N–H and O–H groups in total. The van der Waals surface area contributed by atoms with Crippen molar-refractivity contribution in [3.8, 4) is 5.75 Å². The molecule has 1 saturated heterocycles. The number of halogens is 1. The van der Waals surface area contributed by atoms with Gasteiger partial charge in [-0.2, -0.15) is 5.10 Å². The summed E-state index contributed by atoms with van der Waals surface area (Å²) < 4.78 is 19.2. The first-order valence-electron chi connectivity index (χ1n) is 9.11. The van der Waals surface area contributed by atoms with Gasteiger partial charge in [0.1, 0.15) is 5.69 Å². The molecule has 0 aliphatic carbocycles. The maximum absolute atomic E-state index is 13.8. The number of hydrogen-bond donors (Lipinski definition) is 2. The highest BCUT2D eigenvalue weighted by molar-refractivity contribution is 7.80. The molecule has 1 fully saturated rings. The molecule has 2 aromatic rings. The molecule has 4 rings (SSSR count). The summed E-state index contributed by atoms with van der Waals surface area (Å²) in [6, 6.07) is 9.16. The number of nitrogen functional groups attached to an aromatic ring is 1. The Morgan fingerprint density at radius 3 is 2.86 bits per heavy atom. The number of aromatic nitrogens is 1. The van der Waals surface area contributed by atoms with Crippen LogP contribution in [0.15, 0.2) is 41.6 Å². The molecule has 0 saturated carbocycles. The second-order valence-corrected chi connectivity index (χ2v) is 7.00. The molecule has 7 nitrogen and oxygen atoms in total. The molecule has 1 aromatic heterocycles. The minimum atomic E-state index is -0.433. The van der Waals surface area contributed by atoms with Crippen molar-refractivity contribution in [3.05, 3.63) is 48.0 Å². The van der Waals surface area contributed by atoms with Gasteiger partial charge in [-0.25, -0.2) is 4.39 Å². The number of hydrazone groups is 1. The number of nitrogens with two attached hydrogens (primary N) is 1. The van der Waals surface area contributed by atoms with Gasteiger partial charge in [0.2, 0.25) is 0 Å². The molecule has 146 valence electrons. The standard InChI is InChI=1S/C19H21FN6OS/c20-15-4-6-22-17-16(5-11-27-18(15)17)23-24-19(28)26-9-7-25(8-10-26)14-3-1-2-13(21)12-14/h1-4,6,12H,5,7-11,21H2,(H,24,28)/b23-16-. The summed E-state index contributed by atoms with van der Waals surface area (Å²) >= 11 is 5.49. The number of nitrogens with one attached hydrogen (secondary N) is 1. The third kappa shape index (κ3) is 3.84. The second-order valence-electron chi connectivity index (χ2n) is 6.61. The predicted molar refractivity (Wildman–Crippen MR) is 111 cm³/mol. The summed E-state index contributed by atoms with van der Waals surface area (Å²) in [6.45, 7) is 3.59. The summed E-state index contributed by atoms with van der Waals surface area (Å²) in [7, 11) is 0. The van der Waals surface area contributed by atoms with Crippen LogP contribution in [0.25, 0.3) is 0 Å². The largest absolute Gasteiger partial charge is 0.488 e. The minimum Gasteiger partial charge on any atom is -0.488 e. The zero-order valence-electron chi connectivity index (χ0n) is 15.3. The first-order chi connectivity index (χ1) is 13.6. The number of nitrogens with zero attached hydrogens (tertiary/aromatic N) is 4. The molecule has 0 atom stereocenters. The molecule has 2 aliphatic rings. The van der Waals surface area contributed by atoms with Gasteiger partial charge >= 0.3 is 0 Å². The highest BCUT2D eigenvalue weighted by Crippen LogP contribution is 2.26. The van der Waals surface area contributed by atoms with E-state index < -0.39 is 5.82 Å². The lowest BCUT2D eigenvalue weighted by atomic mass is 10.1. The summed E-state index contributed by atoms with van der Waals surface area (Å²) in [5.41, 5.74) is 11.7. The molecular formula is C19H21FN6OS. The average Bonchev–Trinajstić information content (AvgIpc) is 2.72. The number of ether oxygens (including phenoxy) is 1. The van der Waals surface area contributed by atoms with Crippen molar-refractivity contribution in [1.29, 1.82) is 0 Å².